The molecule has 0 saturated heterocycles. The lowest BCUT2D eigenvalue weighted by molar-refractivity contribution is 0.390. The van der Waals surface area contributed by atoms with Gasteiger partial charge in [-0.3, -0.25) is 9.36 Å². The summed E-state index contributed by atoms with van der Waals surface area (Å²) in [5, 5.41) is 0. The highest BCUT2D eigenvalue weighted by Crippen LogP contribution is 2.30. The van der Waals surface area contributed by atoms with Gasteiger partial charge in [0.2, 0.25) is 0 Å². The van der Waals surface area contributed by atoms with Crippen LogP contribution in [0.4, 0.5) is 4.39 Å². The highest BCUT2D eigenvalue weighted by molar-refractivity contribution is 8.00. The van der Waals surface area contributed by atoms with E-state index in [9.17, 15) is 9.18 Å². The molecule has 0 atom stereocenters. The summed E-state index contributed by atoms with van der Waals surface area (Å²) < 4.78 is 27.7. The number of rotatable bonds is 6. The lowest BCUT2D eigenvalue weighted by Crippen LogP contribution is -2.24. The summed E-state index contributed by atoms with van der Waals surface area (Å²) in [5.74, 6) is 1.01. The molecule has 0 unspecified atom stereocenters. The van der Waals surface area contributed by atoms with Gasteiger partial charge in [-0.05, 0) is 37.4 Å². The van der Waals surface area contributed by atoms with Gasteiger partial charge >= 0.3 is 0 Å². The number of benzene rings is 2. The van der Waals surface area contributed by atoms with Crippen molar-refractivity contribution in [3.05, 3.63) is 63.7 Å². The zero-order valence-corrected chi connectivity index (χ0v) is 19.1. The van der Waals surface area contributed by atoms with Crippen molar-refractivity contribution >= 4 is 33.4 Å². The van der Waals surface area contributed by atoms with Crippen LogP contribution < -0.4 is 15.0 Å². The molecule has 0 amide bonds. The van der Waals surface area contributed by atoms with Crippen molar-refractivity contribution in [2.75, 3.05) is 20.5 Å². The van der Waals surface area contributed by atoms with Crippen molar-refractivity contribution < 1.29 is 13.9 Å². The number of methoxy groups -OCH3 is 2. The fraction of sp³-hybridized carbons (Fsp3) is 0.227. The number of fused-ring (bicyclic) bond motifs is 1. The third-order valence-electron chi connectivity index (χ3n) is 4.86. The Morgan fingerprint density at radius 3 is 2.65 bits per heavy atom. The Balaban J connectivity index is 1.98. The van der Waals surface area contributed by atoms with Crippen LogP contribution in [0.25, 0.3) is 21.7 Å². The number of hydrogen-bond acceptors (Lipinski definition) is 7. The van der Waals surface area contributed by atoms with Crippen molar-refractivity contribution in [3.63, 3.8) is 0 Å². The lowest BCUT2D eigenvalue weighted by Gasteiger charge is -2.16. The molecule has 4 aromatic rings. The average Bonchev–Trinajstić information content (AvgIpc) is 3.21. The molecular formula is C22H20FN3O3S2. The van der Waals surface area contributed by atoms with Crippen molar-refractivity contribution in [3.8, 4) is 22.9 Å². The predicted octanol–water partition coefficient (Wildman–Crippen LogP) is 4.75. The number of thiazole rings is 1. The van der Waals surface area contributed by atoms with E-state index in [2.05, 4.69) is 9.97 Å². The summed E-state index contributed by atoms with van der Waals surface area (Å²) in [6.45, 7) is 2.01. The Morgan fingerprint density at radius 1 is 1.13 bits per heavy atom. The zero-order valence-electron chi connectivity index (χ0n) is 17.4. The Bertz CT molecular complexity index is 1330. The molecule has 0 spiro atoms. The zero-order chi connectivity index (χ0) is 22.1. The Morgan fingerprint density at radius 2 is 1.94 bits per heavy atom. The van der Waals surface area contributed by atoms with Crippen LogP contribution in [0.15, 0.2) is 45.5 Å². The number of ether oxygens (including phenoxy) is 2. The van der Waals surface area contributed by atoms with Gasteiger partial charge in [0.15, 0.2) is 14.7 Å². The first-order valence-electron chi connectivity index (χ1n) is 9.38. The minimum atomic E-state index is -0.443. The number of hydrogen-bond donors (Lipinski definition) is 0. The maximum absolute atomic E-state index is 14.8. The van der Waals surface area contributed by atoms with E-state index in [4.69, 9.17) is 9.47 Å². The largest absolute Gasteiger partial charge is 0.497 e. The van der Waals surface area contributed by atoms with Gasteiger partial charge in [0.05, 0.1) is 26.3 Å². The highest BCUT2D eigenvalue weighted by atomic mass is 32.2. The fourth-order valence-corrected chi connectivity index (χ4v) is 4.71. The molecule has 0 aliphatic carbocycles. The van der Waals surface area contributed by atoms with E-state index in [-0.39, 0.29) is 29.0 Å². The molecule has 31 heavy (non-hydrogen) atoms. The topological polar surface area (TPSA) is 66.2 Å². The van der Waals surface area contributed by atoms with Crippen LogP contribution in [0.3, 0.4) is 0 Å². The third-order valence-corrected chi connectivity index (χ3v) is 6.80. The lowest BCUT2D eigenvalue weighted by atomic mass is 10.1. The molecule has 0 radical (unpaired) electrons. The maximum atomic E-state index is 14.8. The van der Waals surface area contributed by atoms with Crippen LogP contribution in [0.5, 0.6) is 11.5 Å². The van der Waals surface area contributed by atoms with Gasteiger partial charge < -0.3 is 9.47 Å². The molecule has 160 valence electrons. The highest BCUT2D eigenvalue weighted by Gasteiger charge is 2.20. The van der Waals surface area contributed by atoms with Gasteiger partial charge in [0, 0.05) is 11.6 Å². The Hall–Kier alpha value is -2.91. The SMILES string of the molecule is COc1ccc(Cn2c(-c3cc(C)ccc3F)nc3sc(SC)nc3c2=O)c(OC)c1. The number of halogens is 1. The molecule has 9 heteroatoms. The van der Waals surface area contributed by atoms with Crippen LogP contribution in [0, 0.1) is 12.7 Å². The second-order valence-corrected chi connectivity index (χ2v) is 8.86. The molecule has 0 aliphatic heterocycles. The third kappa shape index (κ3) is 4.03. The first-order chi connectivity index (χ1) is 14.9. The summed E-state index contributed by atoms with van der Waals surface area (Å²) in [6.07, 6.45) is 1.89. The second kappa shape index (κ2) is 8.68. The summed E-state index contributed by atoms with van der Waals surface area (Å²) in [7, 11) is 3.12. The van der Waals surface area contributed by atoms with Crippen LogP contribution in [-0.2, 0) is 6.54 Å². The second-order valence-electron chi connectivity index (χ2n) is 6.83. The van der Waals surface area contributed by atoms with Crippen molar-refractivity contribution in [1.29, 1.82) is 0 Å². The van der Waals surface area contributed by atoms with E-state index in [1.165, 1.54) is 33.7 Å². The molecular weight excluding hydrogens is 437 g/mol. The van der Waals surface area contributed by atoms with Crippen molar-refractivity contribution in [2.45, 2.75) is 17.8 Å². The van der Waals surface area contributed by atoms with Crippen molar-refractivity contribution in [2.24, 2.45) is 0 Å². The molecule has 2 aromatic heterocycles. The minimum absolute atomic E-state index is 0.143. The minimum Gasteiger partial charge on any atom is -0.497 e. The van der Waals surface area contributed by atoms with Crippen LogP contribution in [0.2, 0.25) is 0 Å². The Labute approximate surface area is 186 Å². The van der Waals surface area contributed by atoms with E-state index in [0.29, 0.717) is 16.3 Å². The van der Waals surface area contributed by atoms with Gasteiger partial charge in [-0.25, -0.2) is 14.4 Å². The number of thioether (sulfide) groups is 1. The smallest absolute Gasteiger partial charge is 0.281 e. The molecule has 0 fully saturated rings. The van der Waals surface area contributed by atoms with E-state index in [1.54, 1.807) is 38.5 Å². The maximum Gasteiger partial charge on any atom is 0.281 e. The molecule has 4 rings (SSSR count). The van der Waals surface area contributed by atoms with E-state index >= 15 is 0 Å². The van der Waals surface area contributed by atoms with E-state index in [1.807, 2.05) is 19.2 Å². The quantitative estimate of drug-likeness (QED) is 0.389. The molecule has 6 nitrogen and oxygen atoms in total. The van der Waals surface area contributed by atoms with Crippen molar-refractivity contribution in [1.82, 2.24) is 14.5 Å². The van der Waals surface area contributed by atoms with Gasteiger partial charge in [0.1, 0.15) is 23.1 Å². The predicted molar refractivity (Wildman–Crippen MR) is 122 cm³/mol. The molecule has 0 N–H and O–H groups in total. The van der Waals surface area contributed by atoms with Crippen LogP contribution in [-0.4, -0.2) is 35.0 Å². The fourth-order valence-electron chi connectivity index (χ4n) is 3.29. The first kappa shape index (κ1) is 21.3. The molecule has 2 heterocycles. The standard InChI is InChI=1S/C22H20FN3O3S2/c1-12-5-8-16(23)15(9-12)19-25-20-18(24-22(30-4)31-20)21(27)26(19)11-13-6-7-14(28-2)10-17(13)29-3/h5-10H,11H2,1-4H3. The summed E-state index contributed by atoms with van der Waals surface area (Å²) in [6, 6.07) is 10.1. The van der Waals surface area contributed by atoms with E-state index in [0.717, 1.165) is 15.5 Å². The normalized spacial score (nSPS) is 11.1. The summed E-state index contributed by atoms with van der Waals surface area (Å²) in [4.78, 5) is 23.0. The number of nitrogens with zero attached hydrogens (tertiary/aromatic N) is 3. The average molecular weight is 458 g/mol. The summed E-state index contributed by atoms with van der Waals surface area (Å²) >= 11 is 2.76. The Kier molecular flexibility index (Phi) is 5.97. The monoisotopic (exact) mass is 457 g/mol. The van der Waals surface area contributed by atoms with Gasteiger partial charge in [-0.1, -0.05) is 34.7 Å². The van der Waals surface area contributed by atoms with Gasteiger partial charge in [-0.15, -0.1) is 0 Å². The molecule has 0 saturated carbocycles. The molecule has 0 aliphatic rings. The van der Waals surface area contributed by atoms with Crippen LogP contribution >= 0.6 is 23.1 Å². The number of aromatic nitrogens is 3. The molecule has 2 aromatic carbocycles. The van der Waals surface area contributed by atoms with Gasteiger partial charge in [-0.2, -0.15) is 0 Å². The van der Waals surface area contributed by atoms with Crippen LogP contribution in [0.1, 0.15) is 11.1 Å². The van der Waals surface area contributed by atoms with Gasteiger partial charge in [0.25, 0.3) is 5.56 Å². The number of aryl methyl sites for hydroxylation is 1. The summed E-state index contributed by atoms with van der Waals surface area (Å²) in [5.41, 5.74) is 1.83. The van der Waals surface area contributed by atoms with E-state index < -0.39 is 5.82 Å². The first-order valence-corrected chi connectivity index (χ1v) is 11.4. The molecule has 0 bridgehead atoms.